The number of hydrogen-bond acceptors (Lipinski definition) is 6. The van der Waals surface area contributed by atoms with Crippen LogP contribution in [0.25, 0.3) is 17.1 Å². The molecule has 1 amide bonds. The second kappa shape index (κ2) is 11.3. The number of aryl methyl sites for hydroxylation is 1. The van der Waals surface area contributed by atoms with Crippen LogP contribution in [0.4, 0.5) is 0 Å². The lowest BCUT2D eigenvalue weighted by molar-refractivity contribution is -0.118. The summed E-state index contributed by atoms with van der Waals surface area (Å²) in [5.74, 6) is 1.41. The number of thioether (sulfide) groups is 1. The van der Waals surface area contributed by atoms with Gasteiger partial charge in [-0.1, -0.05) is 71.9 Å². The molecule has 0 unspecified atom stereocenters. The van der Waals surface area contributed by atoms with Crippen LogP contribution in [0.2, 0.25) is 0 Å². The molecule has 0 radical (unpaired) electrons. The lowest BCUT2D eigenvalue weighted by atomic mass is 10.2. The van der Waals surface area contributed by atoms with Gasteiger partial charge in [0.1, 0.15) is 5.75 Å². The van der Waals surface area contributed by atoms with Gasteiger partial charge in [0.05, 0.1) is 18.6 Å². The van der Waals surface area contributed by atoms with Crippen LogP contribution >= 0.6 is 11.8 Å². The molecule has 4 rings (SSSR count). The molecule has 1 heterocycles. The van der Waals surface area contributed by atoms with Crippen molar-refractivity contribution in [2.24, 2.45) is 5.10 Å². The second-order valence-electron chi connectivity index (χ2n) is 7.43. The number of carbonyl (C=O) groups is 1. The van der Waals surface area contributed by atoms with Gasteiger partial charge in [-0.25, -0.2) is 5.43 Å². The molecule has 7 nitrogen and oxygen atoms in total. The maximum absolute atomic E-state index is 12.4. The summed E-state index contributed by atoms with van der Waals surface area (Å²) in [5, 5.41) is 13.4. The van der Waals surface area contributed by atoms with Crippen LogP contribution in [0, 0.1) is 6.92 Å². The van der Waals surface area contributed by atoms with Gasteiger partial charge in [-0.2, -0.15) is 5.10 Å². The van der Waals surface area contributed by atoms with Crippen molar-refractivity contribution in [2.45, 2.75) is 19.0 Å². The predicted molar refractivity (Wildman–Crippen MR) is 136 cm³/mol. The average molecular weight is 472 g/mol. The zero-order valence-electron chi connectivity index (χ0n) is 19.0. The van der Waals surface area contributed by atoms with Crippen molar-refractivity contribution in [3.63, 3.8) is 0 Å². The molecule has 0 aliphatic heterocycles. The third-order valence-corrected chi connectivity index (χ3v) is 5.78. The van der Waals surface area contributed by atoms with E-state index in [1.54, 1.807) is 6.21 Å². The highest BCUT2D eigenvalue weighted by Gasteiger charge is 2.17. The van der Waals surface area contributed by atoms with Crippen molar-refractivity contribution in [1.82, 2.24) is 20.2 Å². The molecule has 3 aromatic carbocycles. The minimum atomic E-state index is -0.226. The maximum Gasteiger partial charge on any atom is 0.250 e. The number of ether oxygens (including phenoxy) is 1. The molecular formula is C26H25N5O2S. The standard InChI is InChI=1S/C26H25N5O2S/c1-3-33-23-14-12-22(13-15-23)31-25(21-10-5-4-6-11-21)29-30-26(31)34-18-24(32)28-27-17-20-9-7-8-19(2)16-20/h4-17H,3,18H2,1-2H3,(H,28,32). The Labute approximate surface area is 202 Å². The van der Waals surface area contributed by atoms with E-state index in [9.17, 15) is 4.79 Å². The Bertz CT molecular complexity index is 1270. The molecule has 1 aromatic heterocycles. The Morgan fingerprint density at radius 1 is 1.06 bits per heavy atom. The zero-order chi connectivity index (χ0) is 23.8. The molecule has 0 aliphatic rings. The fourth-order valence-corrected chi connectivity index (χ4v) is 4.06. The van der Waals surface area contributed by atoms with Crippen LogP contribution in [0.1, 0.15) is 18.1 Å². The number of hydrogen-bond donors (Lipinski definition) is 1. The Hall–Kier alpha value is -3.91. The predicted octanol–water partition coefficient (Wildman–Crippen LogP) is 4.88. The van der Waals surface area contributed by atoms with E-state index >= 15 is 0 Å². The van der Waals surface area contributed by atoms with Gasteiger partial charge in [-0.3, -0.25) is 9.36 Å². The van der Waals surface area contributed by atoms with Gasteiger partial charge < -0.3 is 4.74 Å². The van der Waals surface area contributed by atoms with Crippen LogP contribution in [0.5, 0.6) is 5.75 Å². The lowest BCUT2D eigenvalue weighted by Gasteiger charge is -2.11. The largest absolute Gasteiger partial charge is 0.494 e. The Morgan fingerprint density at radius 2 is 1.85 bits per heavy atom. The second-order valence-corrected chi connectivity index (χ2v) is 8.37. The molecule has 8 heteroatoms. The minimum Gasteiger partial charge on any atom is -0.494 e. The highest BCUT2D eigenvalue weighted by molar-refractivity contribution is 7.99. The van der Waals surface area contributed by atoms with Gasteiger partial charge in [0.15, 0.2) is 11.0 Å². The number of rotatable bonds is 9. The van der Waals surface area contributed by atoms with Gasteiger partial charge in [0.25, 0.3) is 5.91 Å². The smallest absolute Gasteiger partial charge is 0.250 e. The summed E-state index contributed by atoms with van der Waals surface area (Å²) in [6.07, 6.45) is 1.63. The summed E-state index contributed by atoms with van der Waals surface area (Å²) in [4.78, 5) is 12.4. The first-order valence-electron chi connectivity index (χ1n) is 10.9. The number of carbonyl (C=O) groups excluding carboxylic acids is 1. The summed E-state index contributed by atoms with van der Waals surface area (Å²) >= 11 is 1.30. The molecule has 0 aliphatic carbocycles. The number of hydrazone groups is 1. The molecule has 0 atom stereocenters. The van der Waals surface area contributed by atoms with Crippen molar-refractivity contribution in [1.29, 1.82) is 0 Å². The minimum absolute atomic E-state index is 0.148. The highest BCUT2D eigenvalue weighted by Crippen LogP contribution is 2.28. The average Bonchev–Trinajstić information content (AvgIpc) is 3.28. The first-order valence-corrected chi connectivity index (χ1v) is 11.9. The van der Waals surface area contributed by atoms with E-state index in [4.69, 9.17) is 4.74 Å². The van der Waals surface area contributed by atoms with Gasteiger partial charge >= 0.3 is 0 Å². The van der Waals surface area contributed by atoms with E-state index in [1.165, 1.54) is 11.8 Å². The van der Waals surface area contributed by atoms with Gasteiger partial charge in [0.2, 0.25) is 0 Å². The number of nitrogens with zero attached hydrogens (tertiary/aromatic N) is 4. The summed E-state index contributed by atoms with van der Waals surface area (Å²) in [6.45, 7) is 4.56. The highest BCUT2D eigenvalue weighted by atomic mass is 32.2. The van der Waals surface area contributed by atoms with Gasteiger partial charge in [0, 0.05) is 11.3 Å². The normalized spacial score (nSPS) is 11.0. The molecule has 0 fully saturated rings. The number of benzene rings is 3. The van der Waals surface area contributed by atoms with Gasteiger partial charge in [-0.15, -0.1) is 10.2 Å². The number of nitrogens with one attached hydrogen (secondary N) is 1. The fourth-order valence-electron chi connectivity index (χ4n) is 3.32. The Kier molecular flexibility index (Phi) is 7.72. The third kappa shape index (κ3) is 5.90. The van der Waals surface area contributed by atoms with Crippen LogP contribution in [-0.4, -0.2) is 39.2 Å². The molecule has 172 valence electrons. The van der Waals surface area contributed by atoms with Crippen molar-refractivity contribution in [3.8, 4) is 22.8 Å². The molecule has 1 N–H and O–H groups in total. The van der Waals surface area contributed by atoms with Gasteiger partial charge in [-0.05, 0) is 43.7 Å². The molecule has 0 saturated heterocycles. The molecule has 0 spiro atoms. The maximum atomic E-state index is 12.4. The molecule has 0 bridgehead atoms. The van der Waals surface area contributed by atoms with E-state index in [0.717, 1.165) is 28.1 Å². The van der Waals surface area contributed by atoms with E-state index < -0.39 is 0 Å². The van der Waals surface area contributed by atoms with E-state index in [1.807, 2.05) is 97.3 Å². The monoisotopic (exact) mass is 471 g/mol. The van der Waals surface area contributed by atoms with Crippen molar-refractivity contribution < 1.29 is 9.53 Å². The zero-order valence-corrected chi connectivity index (χ0v) is 19.8. The van der Waals surface area contributed by atoms with Crippen molar-refractivity contribution in [3.05, 3.63) is 90.0 Å². The van der Waals surface area contributed by atoms with E-state index in [0.29, 0.717) is 17.6 Å². The van der Waals surface area contributed by atoms with E-state index in [2.05, 4.69) is 20.7 Å². The van der Waals surface area contributed by atoms with Crippen LogP contribution in [0.15, 0.2) is 89.1 Å². The SMILES string of the molecule is CCOc1ccc(-n2c(SCC(=O)NN=Cc3cccc(C)c3)nnc2-c2ccccc2)cc1. The molecule has 0 saturated carbocycles. The van der Waals surface area contributed by atoms with Crippen molar-refractivity contribution in [2.75, 3.05) is 12.4 Å². The van der Waals surface area contributed by atoms with Crippen LogP contribution < -0.4 is 10.2 Å². The van der Waals surface area contributed by atoms with Crippen molar-refractivity contribution >= 4 is 23.9 Å². The molecular weight excluding hydrogens is 446 g/mol. The first kappa shape index (κ1) is 23.3. The Balaban J connectivity index is 1.51. The summed E-state index contributed by atoms with van der Waals surface area (Å²) in [6, 6.07) is 25.5. The lowest BCUT2D eigenvalue weighted by Crippen LogP contribution is -2.20. The first-order chi connectivity index (χ1) is 16.6. The molecule has 4 aromatic rings. The number of aromatic nitrogens is 3. The summed E-state index contributed by atoms with van der Waals surface area (Å²) in [7, 11) is 0. The van der Waals surface area contributed by atoms with Crippen LogP contribution in [-0.2, 0) is 4.79 Å². The molecule has 34 heavy (non-hydrogen) atoms. The summed E-state index contributed by atoms with van der Waals surface area (Å²) in [5.41, 5.74) is 6.45. The summed E-state index contributed by atoms with van der Waals surface area (Å²) < 4.78 is 7.51. The van der Waals surface area contributed by atoms with Crippen LogP contribution in [0.3, 0.4) is 0 Å². The topological polar surface area (TPSA) is 81.4 Å². The third-order valence-electron chi connectivity index (χ3n) is 4.85. The van der Waals surface area contributed by atoms with E-state index in [-0.39, 0.29) is 11.7 Å². The Morgan fingerprint density at radius 3 is 2.59 bits per heavy atom. The quantitative estimate of drug-likeness (QED) is 0.214. The number of amides is 1. The fraction of sp³-hybridized carbons (Fsp3) is 0.154.